The van der Waals surface area contributed by atoms with E-state index in [1.54, 1.807) is 6.20 Å². The Bertz CT molecular complexity index is 699. The van der Waals surface area contributed by atoms with E-state index in [2.05, 4.69) is 44.6 Å². The summed E-state index contributed by atoms with van der Waals surface area (Å²) in [6.45, 7) is 1.70. The summed E-state index contributed by atoms with van der Waals surface area (Å²) in [7, 11) is 2.08. The molecule has 0 aliphatic carbocycles. The molecule has 0 atom stereocenters. The van der Waals surface area contributed by atoms with E-state index >= 15 is 0 Å². The van der Waals surface area contributed by atoms with E-state index in [1.807, 2.05) is 36.4 Å². The highest BCUT2D eigenvalue weighted by Gasteiger charge is 2.07. The summed E-state index contributed by atoms with van der Waals surface area (Å²) in [4.78, 5) is 6.48. The Balaban J connectivity index is 1.53. The van der Waals surface area contributed by atoms with Crippen molar-refractivity contribution in [1.29, 1.82) is 0 Å². The normalized spacial score (nSPS) is 10.4. The van der Waals surface area contributed by atoms with Crippen LogP contribution in [0.5, 0.6) is 0 Å². The number of pyridine rings is 1. The summed E-state index contributed by atoms with van der Waals surface area (Å²) < 4.78 is 0. The zero-order chi connectivity index (χ0) is 15.2. The fourth-order valence-electron chi connectivity index (χ4n) is 2.03. The molecule has 3 aromatic rings. The number of likely N-dealkylation sites (N-methyl/N-ethyl adjacent to an activating group) is 1. The highest BCUT2D eigenvalue weighted by atomic mass is 32.1. The number of benzene rings is 1. The van der Waals surface area contributed by atoms with Crippen molar-refractivity contribution in [3.63, 3.8) is 0 Å². The summed E-state index contributed by atoms with van der Waals surface area (Å²) in [5.74, 6) is 0. The minimum absolute atomic E-state index is 0.808. The summed E-state index contributed by atoms with van der Waals surface area (Å²) in [5.41, 5.74) is 2.06. The quantitative estimate of drug-likeness (QED) is 0.758. The fourth-order valence-corrected chi connectivity index (χ4v) is 2.78. The van der Waals surface area contributed by atoms with Gasteiger partial charge in [0, 0.05) is 32.0 Å². The molecule has 0 bridgehead atoms. The van der Waals surface area contributed by atoms with E-state index < -0.39 is 0 Å². The van der Waals surface area contributed by atoms with Crippen LogP contribution in [0.1, 0.15) is 0 Å². The van der Waals surface area contributed by atoms with Crippen molar-refractivity contribution in [3.8, 4) is 10.7 Å². The first-order valence-electron chi connectivity index (χ1n) is 7.08. The van der Waals surface area contributed by atoms with Crippen molar-refractivity contribution >= 4 is 22.2 Å². The molecule has 5 nitrogen and oxygen atoms in total. The Morgan fingerprint density at radius 1 is 1.05 bits per heavy atom. The van der Waals surface area contributed by atoms with Gasteiger partial charge in [-0.05, 0) is 24.3 Å². The minimum Gasteiger partial charge on any atom is -0.373 e. The molecule has 22 heavy (non-hydrogen) atoms. The van der Waals surface area contributed by atoms with Crippen LogP contribution in [-0.4, -0.2) is 35.3 Å². The largest absolute Gasteiger partial charge is 0.373 e. The van der Waals surface area contributed by atoms with E-state index in [0.29, 0.717) is 0 Å². The molecule has 0 radical (unpaired) electrons. The van der Waals surface area contributed by atoms with Crippen molar-refractivity contribution in [2.24, 2.45) is 0 Å². The van der Waals surface area contributed by atoms with Gasteiger partial charge in [0.1, 0.15) is 5.69 Å². The Labute approximate surface area is 133 Å². The maximum atomic E-state index is 4.28. The lowest BCUT2D eigenvalue weighted by molar-refractivity contribution is 0.909. The molecule has 1 N–H and O–H groups in total. The smallest absolute Gasteiger partial charge is 0.206 e. The topological polar surface area (TPSA) is 53.9 Å². The Morgan fingerprint density at radius 3 is 2.64 bits per heavy atom. The van der Waals surface area contributed by atoms with Gasteiger partial charge >= 0.3 is 0 Å². The third-order valence-corrected chi connectivity index (χ3v) is 4.13. The zero-order valence-corrected chi connectivity index (χ0v) is 13.1. The van der Waals surface area contributed by atoms with Gasteiger partial charge in [-0.25, -0.2) is 0 Å². The first kappa shape index (κ1) is 14.5. The average Bonchev–Trinajstić information content (AvgIpc) is 3.05. The van der Waals surface area contributed by atoms with Crippen LogP contribution in [-0.2, 0) is 0 Å². The van der Waals surface area contributed by atoms with Crippen LogP contribution in [0, 0.1) is 0 Å². The van der Waals surface area contributed by atoms with Crippen molar-refractivity contribution < 1.29 is 0 Å². The number of nitrogens with one attached hydrogen (secondary N) is 1. The molecule has 0 amide bonds. The second-order valence-electron chi connectivity index (χ2n) is 4.81. The first-order chi connectivity index (χ1) is 10.8. The lowest BCUT2D eigenvalue weighted by Gasteiger charge is -2.18. The molecule has 0 spiro atoms. The van der Waals surface area contributed by atoms with Crippen LogP contribution >= 0.6 is 11.3 Å². The third-order valence-electron chi connectivity index (χ3n) is 3.23. The van der Waals surface area contributed by atoms with E-state index in [4.69, 9.17) is 0 Å². The predicted molar refractivity (Wildman–Crippen MR) is 91.3 cm³/mol. The van der Waals surface area contributed by atoms with Crippen LogP contribution in [0.15, 0.2) is 54.7 Å². The molecule has 0 aliphatic heterocycles. The molecular formula is C16H17N5S. The van der Waals surface area contributed by atoms with Crippen LogP contribution in [0.3, 0.4) is 0 Å². The van der Waals surface area contributed by atoms with E-state index in [0.717, 1.165) is 28.9 Å². The molecule has 0 aliphatic rings. The molecule has 2 aromatic heterocycles. The van der Waals surface area contributed by atoms with Gasteiger partial charge in [-0.1, -0.05) is 35.6 Å². The van der Waals surface area contributed by atoms with Crippen molar-refractivity contribution in [2.75, 3.05) is 30.4 Å². The van der Waals surface area contributed by atoms with Crippen molar-refractivity contribution in [2.45, 2.75) is 0 Å². The highest BCUT2D eigenvalue weighted by Crippen LogP contribution is 2.24. The highest BCUT2D eigenvalue weighted by molar-refractivity contribution is 7.18. The second-order valence-corrected chi connectivity index (χ2v) is 5.79. The summed E-state index contributed by atoms with van der Waals surface area (Å²) in [5, 5.41) is 13.3. The molecular weight excluding hydrogens is 294 g/mol. The first-order valence-corrected chi connectivity index (χ1v) is 7.89. The van der Waals surface area contributed by atoms with Gasteiger partial charge in [0.15, 0.2) is 5.01 Å². The molecule has 0 fully saturated rings. The number of hydrogen-bond donors (Lipinski definition) is 1. The number of rotatable bonds is 6. The fraction of sp³-hybridized carbons (Fsp3) is 0.188. The van der Waals surface area contributed by atoms with Gasteiger partial charge in [0.25, 0.3) is 0 Å². The Hall–Kier alpha value is -2.47. The van der Waals surface area contributed by atoms with Gasteiger partial charge in [-0.2, -0.15) is 0 Å². The van der Waals surface area contributed by atoms with Gasteiger partial charge in [0.2, 0.25) is 5.13 Å². The lowest BCUT2D eigenvalue weighted by atomic mass is 10.3. The predicted octanol–water partition coefficient (Wildman–Crippen LogP) is 3.15. The molecule has 2 heterocycles. The minimum atomic E-state index is 0.808. The van der Waals surface area contributed by atoms with Gasteiger partial charge in [-0.3, -0.25) is 4.98 Å². The standard InChI is InChI=1S/C16H17N5S/c1-21(13-7-3-2-4-8-13)12-11-18-16-20-19-15(22-16)14-9-5-6-10-17-14/h2-10H,11-12H2,1H3,(H,18,20). The van der Waals surface area contributed by atoms with E-state index in [1.165, 1.54) is 17.0 Å². The van der Waals surface area contributed by atoms with Gasteiger partial charge in [-0.15, -0.1) is 10.2 Å². The summed E-state index contributed by atoms with van der Waals surface area (Å²) in [6, 6.07) is 16.1. The van der Waals surface area contributed by atoms with E-state index in [9.17, 15) is 0 Å². The SMILES string of the molecule is CN(CCNc1nnc(-c2ccccn2)s1)c1ccccc1. The monoisotopic (exact) mass is 311 g/mol. The lowest BCUT2D eigenvalue weighted by Crippen LogP contribution is -2.24. The van der Waals surface area contributed by atoms with E-state index in [-0.39, 0.29) is 0 Å². The molecule has 0 unspecified atom stereocenters. The number of anilines is 2. The number of para-hydroxylation sites is 1. The Morgan fingerprint density at radius 2 is 1.86 bits per heavy atom. The maximum Gasteiger partial charge on any atom is 0.206 e. The average molecular weight is 311 g/mol. The number of hydrogen-bond acceptors (Lipinski definition) is 6. The molecule has 1 aromatic carbocycles. The van der Waals surface area contributed by atoms with Gasteiger partial charge in [0.05, 0.1) is 0 Å². The summed E-state index contributed by atoms with van der Waals surface area (Å²) >= 11 is 1.52. The van der Waals surface area contributed by atoms with Crippen molar-refractivity contribution in [3.05, 3.63) is 54.7 Å². The maximum absolute atomic E-state index is 4.28. The van der Waals surface area contributed by atoms with Crippen LogP contribution in [0.2, 0.25) is 0 Å². The third kappa shape index (κ3) is 3.59. The summed E-state index contributed by atoms with van der Waals surface area (Å²) in [6.07, 6.45) is 1.76. The molecule has 112 valence electrons. The van der Waals surface area contributed by atoms with Gasteiger partial charge < -0.3 is 10.2 Å². The number of nitrogens with zero attached hydrogens (tertiary/aromatic N) is 4. The Kier molecular flexibility index (Phi) is 4.60. The number of aromatic nitrogens is 3. The molecule has 0 saturated heterocycles. The van der Waals surface area contributed by atoms with Crippen LogP contribution in [0.25, 0.3) is 10.7 Å². The second kappa shape index (κ2) is 7.00. The molecule has 0 saturated carbocycles. The molecule has 6 heteroatoms. The van der Waals surface area contributed by atoms with Crippen molar-refractivity contribution in [1.82, 2.24) is 15.2 Å². The zero-order valence-electron chi connectivity index (χ0n) is 12.3. The van der Waals surface area contributed by atoms with Crippen LogP contribution in [0.4, 0.5) is 10.8 Å². The molecule has 3 rings (SSSR count). The van der Waals surface area contributed by atoms with Crippen LogP contribution < -0.4 is 10.2 Å².